The highest BCUT2D eigenvalue weighted by atomic mass is 16.6. The summed E-state index contributed by atoms with van der Waals surface area (Å²) in [6, 6.07) is 0. The number of carbonyl (C=O) groups excluding carboxylic acids is 2. The molecule has 0 aromatic rings. The number of allylic oxidation sites excluding steroid dienone is 2. The Morgan fingerprint density at radius 2 is 1.71 bits per heavy atom. The van der Waals surface area contributed by atoms with Crippen molar-refractivity contribution in [2.24, 2.45) is 10.8 Å². The van der Waals surface area contributed by atoms with Crippen molar-refractivity contribution in [2.45, 2.75) is 51.9 Å². The Morgan fingerprint density at radius 1 is 1.06 bits per heavy atom. The molecule has 0 spiro atoms. The highest BCUT2D eigenvalue weighted by molar-refractivity contribution is 6.02. The van der Waals surface area contributed by atoms with Crippen LogP contribution < -0.4 is 0 Å². The standard InChI is InChI=1S/C14H18O3/c1-10-5-8-13-6-3-2-4-7-14(13,9-10)12(16)17-11(13)15/h5H,2-4,6-9H2,1H3/t13-,14+/m0/s1. The van der Waals surface area contributed by atoms with Crippen LogP contribution in [0, 0.1) is 10.8 Å². The van der Waals surface area contributed by atoms with Crippen molar-refractivity contribution >= 4 is 11.9 Å². The molecule has 3 rings (SSSR count). The largest absolute Gasteiger partial charge is 0.392 e. The second kappa shape index (κ2) is 3.44. The molecule has 2 fully saturated rings. The summed E-state index contributed by atoms with van der Waals surface area (Å²) in [7, 11) is 0. The molecule has 0 unspecified atom stereocenters. The molecule has 3 heteroatoms. The zero-order valence-electron chi connectivity index (χ0n) is 10.3. The lowest BCUT2D eigenvalue weighted by molar-refractivity contribution is -0.156. The van der Waals surface area contributed by atoms with E-state index in [1.165, 1.54) is 5.57 Å². The first kappa shape index (κ1) is 11.0. The first-order valence-electron chi connectivity index (χ1n) is 6.53. The van der Waals surface area contributed by atoms with E-state index in [2.05, 4.69) is 13.0 Å². The zero-order valence-corrected chi connectivity index (χ0v) is 10.3. The van der Waals surface area contributed by atoms with E-state index < -0.39 is 10.8 Å². The van der Waals surface area contributed by atoms with Gasteiger partial charge in [-0.25, -0.2) is 0 Å². The average molecular weight is 234 g/mol. The molecule has 3 aliphatic rings. The van der Waals surface area contributed by atoms with Crippen molar-refractivity contribution in [3.05, 3.63) is 11.6 Å². The number of rotatable bonds is 0. The summed E-state index contributed by atoms with van der Waals surface area (Å²) in [6.45, 7) is 2.06. The molecule has 0 N–H and O–H groups in total. The van der Waals surface area contributed by atoms with E-state index in [4.69, 9.17) is 4.74 Å². The van der Waals surface area contributed by atoms with Crippen LogP contribution in [0.3, 0.4) is 0 Å². The Bertz CT molecular complexity index is 423. The van der Waals surface area contributed by atoms with Crippen LogP contribution in [-0.4, -0.2) is 11.9 Å². The van der Waals surface area contributed by atoms with E-state index in [1.807, 2.05) is 0 Å². The number of ether oxygens (including phenoxy) is 1. The molecule has 0 aromatic carbocycles. The minimum Gasteiger partial charge on any atom is -0.392 e. The summed E-state index contributed by atoms with van der Waals surface area (Å²) in [4.78, 5) is 24.4. The fourth-order valence-electron chi connectivity index (χ4n) is 3.99. The third kappa shape index (κ3) is 1.23. The van der Waals surface area contributed by atoms with Crippen LogP contribution in [0.25, 0.3) is 0 Å². The second-order valence-corrected chi connectivity index (χ2v) is 5.83. The van der Waals surface area contributed by atoms with Crippen molar-refractivity contribution in [3.8, 4) is 0 Å². The quantitative estimate of drug-likeness (QED) is 0.368. The summed E-state index contributed by atoms with van der Waals surface area (Å²) >= 11 is 0. The van der Waals surface area contributed by atoms with Crippen molar-refractivity contribution in [1.82, 2.24) is 0 Å². The SMILES string of the molecule is CC1=CC[C@]23CCCCC[C@@]2(C1)C(=O)OC3=O. The van der Waals surface area contributed by atoms with Crippen molar-refractivity contribution < 1.29 is 14.3 Å². The second-order valence-electron chi connectivity index (χ2n) is 5.83. The van der Waals surface area contributed by atoms with Gasteiger partial charge in [0.05, 0.1) is 10.8 Å². The predicted octanol–water partition coefficient (Wildman–Crippen LogP) is 2.75. The van der Waals surface area contributed by atoms with Gasteiger partial charge in [-0.05, 0) is 32.6 Å². The van der Waals surface area contributed by atoms with Gasteiger partial charge in [-0.15, -0.1) is 0 Å². The van der Waals surface area contributed by atoms with Crippen LogP contribution in [-0.2, 0) is 14.3 Å². The van der Waals surface area contributed by atoms with Gasteiger partial charge in [0.1, 0.15) is 0 Å². The van der Waals surface area contributed by atoms with Gasteiger partial charge in [0, 0.05) is 0 Å². The van der Waals surface area contributed by atoms with Gasteiger partial charge in [0.25, 0.3) is 0 Å². The van der Waals surface area contributed by atoms with Crippen LogP contribution in [0.5, 0.6) is 0 Å². The fourth-order valence-corrected chi connectivity index (χ4v) is 3.99. The minimum atomic E-state index is -0.528. The van der Waals surface area contributed by atoms with Crippen molar-refractivity contribution in [1.29, 1.82) is 0 Å². The Morgan fingerprint density at radius 3 is 2.47 bits per heavy atom. The number of carbonyl (C=O) groups is 2. The third-order valence-electron chi connectivity index (χ3n) is 4.97. The lowest BCUT2D eigenvalue weighted by Gasteiger charge is -2.41. The van der Waals surface area contributed by atoms with E-state index in [9.17, 15) is 9.59 Å². The maximum atomic E-state index is 12.2. The molecule has 0 bridgehead atoms. The molecule has 3 nitrogen and oxygen atoms in total. The molecule has 17 heavy (non-hydrogen) atoms. The molecule has 0 amide bonds. The van der Waals surface area contributed by atoms with Crippen molar-refractivity contribution in [2.75, 3.05) is 0 Å². The van der Waals surface area contributed by atoms with E-state index in [0.717, 1.165) is 38.5 Å². The van der Waals surface area contributed by atoms with E-state index >= 15 is 0 Å². The van der Waals surface area contributed by atoms with E-state index in [1.54, 1.807) is 0 Å². The van der Waals surface area contributed by atoms with Crippen molar-refractivity contribution in [3.63, 3.8) is 0 Å². The highest BCUT2D eigenvalue weighted by Crippen LogP contribution is 2.61. The molecular weight excluding hydrogens is 216 g/mol. The number of cyclic esters (lactones) is 2. The zero-order chi connectivity index (χ0) is 12.1. The van der Waals surface area contributed by atoms with Crippen LogP contribution >= 0.6 is 0 Å². The van der Waals surface area contributed by atoms with Gasteiger partial charge in [-0.3, -0.25) is 9.59 Å². The summed E-state index contributed by atoms with van der Waals surface area (Å²) in [5.74, 6) is -0.509. The molecule has 1 aliphatic heterocycles. The molecule has 2 aliphatic carbocycles. The summed E-state index contributed by atoms with van der Waals surface area (Å²) in [5, 5.41) is 0. The Hall–Kier alpha value is -1.12. The monoisotopic (exact) mass is 234 g/mol. The van der Waals surface area contributed by atoms with Gasteiger partial charge in [0.2, 0.25) is 0 Å². The first-order valence-corrected chi connectivity index (χ1v) is 6.53. The summed E-state index contributed by atoms with van der Waals surface area (Å²) < 4.78 is 5.03. The maximum Gasteiger partial charge on any atom is 0.321 e. The molecule has 2 atom stereocenters. The molecule has 92 valence electrons. The Labute approximate surface area is 101 Å². The maximum absolute atomic E-state index is 12.2. The van der Waals surface area contributed by atoms with Crippen LogP contribution in [0.4, 0.5) is 0 Å². The molecule has 0 aromatic heterocycles. The molecular formula is C14H18O3. The Balaban J connectivity index is 2.16. The number of esters is 2. The van der Waals surface area contributed by atoms with Gasteiger partial charge in [-0.2, -0.15) is 0 Å². The van der Waals surface area contributed by atoms with E-state index in [-0.39, 0.29) is 11.9 Å². The molecule has 0 radical (unpaired) electrons. The summed E-state index contributed by atoms with van der Waals surface area (Å²) in [6.07, 6.45) is 8.39. The van der Waals surface area contributed by atoms with Gasteiger partial charge in [0.15, 0.2) is 0 Å². The van der Waals surface area contributed by atoms with Crippen LogP contribution in [0.15, 0.2) is 11.6 Å². The number of hydrogen-bond acceptors (Lipinski definition) is 3. The van der Waals surface area contributed by atoms with Crippen LogP contribution in [0.1, 0.15) is 51.9 Å². The third-order valence-corrected chi connectivity index (χ3v) is 4.97. The first-order chi connectivity index (χ1) is 8.11. The molecule has 1 saturated carbocycles. The Kier molecular flexibility index (Phi) is 2.22. The summed E-state index contributed by atoms with van der Waals surface area (Å²) in [5.41, 5.74) is 0.175. The predicted molar refractivity (Wildman–Crippen MR) is 62.0 cm³/mol. The molecule has 1 heterocycles. The highest BCUT2D eigenvalue weighted by Gasteiger charge is 2.68. The normalized spacial score (nSPS) is 41.1. The lowest BCUT2D eigenvalue weighted by Crippen LogP contribution is -2.46. The van der Waals surface area contributed by atoms with Gasteiger partial charge in [-0.1, -0.05) is 30.9 Å². The number of hydrogen-bond donors (Lipinski definition) is 0. The van der Waals surface area contributed by atoms with Crippen LogP contribution in [0.2, 0.25) is 0 Å². The van der Waals surface area contributed by atoms with Gasteiger partial charge < -0.3 is 4.74 Å². The minimum absolute atomic E-state index is 0.253. The smallest absolute Gasteiger partial charge is 0.321 e. The average Bonchev–Trinajstić information content (AvgIpc) is 2.45. The topological polar surface area (TPSA) is 43.4 Å². The van der Waals surface area contributed by atoms with E-state index in [0.29, 0.717) is 6.42 Å². The van der Waals surface area contributed by atoms with Gasteiger partial charge >= 0.3 is 11.9 Å². The molecule has 1 saturated heterocycles. The lowest BCUT2D eigenvalue weighted by atomic mass is 9.55. The fraction of sp³-hybridized carbons (Fsp3) is 0.714.